The molecule has 0 heterocycles. The van der Waals surface area contributed by atoms with Crippen LogP contribution >= 0.6 is 0 Å². The lowest BCUT2D eigenvalue weighted by atomic mass is 9.77. The van der Waals surface area contributed by atoms with Crippen LogP contribution < -0.4 is 0 Å². The predicted octanol–water partition coefficient (Wildman–Crippen LogP) is 3.61. The number of ether oxygens (including phenoxy) is 1. The Morgan fingerprint density at radius 1 is 1.30 bits per heavy atom. The third kappa shape index (κ3) is 3.03. The van der Waals surface area contributed by atoms with Gasteiger partial charge in [0.15, 0.2) is 0 Å². The molecule has 2 rings (SSSR count). The van der Waals surface area contributed by atoms with Crippen LogP contribution in [0.5, 0.6) is 0 Å². The molecule has 108 valence electrons. The van der Waals surface area contributed by atoms with Gasteiger partial charge in [0.2, 0.25) is 0 Å². The van der Waals surface area contributed by atoms with Crippen molar-refractivity contribution in [3.05, 3.63) is 40.6 Å². The zero-order chi connectivity index (χ0) is 14.5. The SMILES string of the molecule is COC(=O)C1CCC(C(N=O)c2ccccc2F)CC1. The van der Waals surface area contributed by atoms with E-state index in [2.05, 4.69) is 5.18 Å². The van der Waals surface area contributed by atoms with Crippen molar-refractivity contribution in [3.8, 4) is 0 Å². The summed E-state index contributed by atoms with van der Waals surface area (Å²) in [7, 11) is 1.38. The second kappa shape index (κ2) is 6.59. The number of benzene rings is 1. The van der Waals surface area contributed by atoms with Crippen LogP contribution in [0.15, 0.2) is 29.4 Å². The molecule has 1 aliphatic rings. The molecule has 1 atom stereocenters. The molecule has 0 bridgehead atoms. The van der Waals surface area contributed by atoms with Crippen LogP contribution in [0.2, 0.25) is 0 Å². The third-order valence-corrected chi connectivity index (χ3v) is 4.09. The molecular formula is C15H18FNO3. The molecular weight excluding hydrogens is 261 g/mol. The molecule has 0 amide bonds. The standard InChI is InChI=1S/C15H18FNO3/c1-20-15(18)11-8-6-10(7-9-11)14(17-19)12-4-2-3-5-13(12)16/h2-5,10-11,14H,6-9H2,1H3. The molecule has 0 aromatic heterocycles. The summed E-state index contributed by atoms with van der Waals surface area (Å²) in [6, 6.07) is 5.57. The number of rotatable bonds is 4. The molecule has 4 nitrogen and oxygen atoms in total. The van der Waals surface area contributed by atoms with E-state index in [1.165, 1.54) is 13.2 Å². The second-order valence-corrected chi connectivity index (χ2v) is 5.21. The first-order valence-electron chi connectivity index (χ1n) is 6.82. The lowest BCUT2D eigenvalue weighted by Gasteiger charge is -2.29. The molecule has 20 heavy (non-hydrogen) atoms. The summed E-state index contributed by atoms with van der Waals surface area (Å²) in [5, 5.41) is 3.13. The Morgan fingerprint density at radius 2 is 1.95 bits per heavy atom. The van der Waals surface area contributed by atoms with Crippen molar-refractivity contribution >= 4 is 5.97 Å². The fourth-order valence-corrected chi connectivity index (χ4v) is 2.95. The minimum atomic E-state index is -0.671. The Balaban J connectivity index is 2.06. The molecule has 1 fully saturated rings. The highest BCUT2D eigenvalue weighted by Crippen LogP contribution is 2.39. The minimum Gasteiger partial charge on any atom is -0.469 e. The smallest absolute Gasteiger partial charge is 0.308 e. The summed E-state index contributed by atoms with van der Waals surface area (Å²) in [5.74, 6) is -0.716. The van der Waals surface area contributed by atoms with Crippen LogP contribution in [0.3, 0.4) is 0 Å². The van der Waals surface area contributed by atoms with Gasteiger partial charge in [-0.1, -0.05) is 23.4 Å². The van der Waals surface area contributed by atoms with Crippen LogP contribution in [0.25, 0.3) is 0 Å². The van der Waals surface area contributed by atoms with Gasteiger partial charge in [-0.15, -0.1) is 0 Å². The first-order chi connectivity index (χ1) is 9.67. The average Bonchev–Trinajstić information content (AvgIpc) is 2.50. The van der Waals surface area contributed by atoms with Gasteiger partial charge in [-0.05, 0) is 37.7 Å². The van der Waals surface area contributed by atoms with Crippen LogP contribution in [-0.4, -0.2) is 13.1 Å². The van der Waals surface area contributed by atoms with Crippen molar-refractivity contribution in [2.45, 2.75) is 31.7 Å². The molecule has 0 radical (unpaired) electrons. The number of halogens is 1. The first-order valence-corrected chi connectivity index (χ1v) is 6.82. The van der Waals surface area contributed by atoms with E-state index in [1.807, 2.05) is 0 Å². The third-order valence-electron chi connectivity index (χ3n) is 4.09. The second-order valence-electron chi connectivity index (χ2n) is 5.21. The van der Waals surface area contributed by atoms with Crippen LogP contribution in [-0.2, 0) is 9.53 Å². The summed E-state index contributed by atoms with van der Waals surface area (Å²) in [4.78, 5) is 22.6. The number of nitrogens with zero attached hydrogens (tertiary/aromatic N) is 1. The zero-order valence-corrected chi connectivity index (χ0v) is 11.4. The quantitative estimate of drug-likeness (QED) is 0.625. The number of carbonyl (C=O) groups is 1. The number of nitroso groups, excluding NO2 is 1. The number of hydrogen-bond acceptors (Lipinski definition) is 4. The molecule has 1 unspecified atom stereocenters. The predicted molar refractivity (Wildman–Crippen MR) is 72.4 cm³/mol. The summed E-state index contributed by atoms with van der Waals surface area (Å²) < 4.78 is 18.5. The highest BCUT2D eigenvalue weighted by molar-refractivity contribution is 5.72. The van der Waals surface area contributed by atoms with Crippen molar-refractivity contribution in [2.75, 3.05) is 7.11 Å². The number of carbonyl (C=O) groups excluding carboxylic acids is 1. The molecule has 1 saturated carbocycles. The minimum absolute atomic E-state index is 0.00898. The molecule has 1 aromatic carbocycles. The Labute approximate surface area is 117 Å². The number of methoxy groups -OCH3 is 1. The highest BCUT2D eigenvalue weighted by Gasteiger charge is 2.33. The van der Waals surface area contributed by atoms with E-state index in [4.69, 9.17) is 4.74 Å². The van der Waals surface area contributed by atoms with Gasteiger partial charge in [-0.2, -0.15) is 4.91 Å². The fourth-order valence-electron chi connectivity index (χ4n) is 2.95. The van der Waals surface area contributed by atoms with Crippen molar-refractivity contribution in [1.82, 2.24) is 0 Å². The van der Waals surface area contributed by atoms with Crippen molar-refractivity contribution in [2.24, 2.45) is 17.0 Å². The largest absolute Gasteiger partial charge is 0.469 e. The van der Waals surface area contributed by atoms with Gasteiger partial charge in [0, 0.05) is 5.56 Å². The fraction of sp³-hybridized carbons (Fsp3) is 0.533. The summed E-state index contributed by atoms with van der Waals surface area (Å²) in [5.41, 5.74) is 0.351. The van der Waals surface area contributed by atoms with E-state index in [0.29, 0.717) is 31.2 Å². The van der Waals surface area contributed by atoms with Crippen molar-refractivity contribution in [3.63, 3.8) is 0 Å². The summed E-state index contributed by atoms with van der Waals surface area (Å²) in [6.45, 7) is 0. The van der Waals surface area contributed by atoms with Gasteiger partial charge in [-0.25, -0.2) is 4.39 Å². The highest BCUT2D eigenvalue weighted by atomic mass is 19.1. The zero-order valence-electron chi connectivity index (χ0n) is 11.4. The maximum atomic E-state index is 13.8. The first kappa shape index (κ1) is 14.6. The lowest BCUT2D eigenvalue weighted by molar-refractivity contribution is -0.146. The maximum absolute atomic E-state index is 13.8. The Hall–Kier alpha value is -1.78. The number of hydrogen-bond donors (Lipinski definition) is 0. The maximum Gasteiger partial charge on any atom is 0.308 e. The lowest BCUT2D eigenvalue weighted by Crippen LogP contribution is -2.25. The van der Waals surface area contributed by atoms with E-state index in [9.17, 15) is 14.1 Å². The van der Waals surface area contributed by atoms with Crippen LogP contribution in [0.4, 0.5) is 4.39 Å². The van der Waals surface area contributed by atoms with Gasteiger partial charge in [0.05, 0.1) is 13.0 Å². The number of esters is 1. The normalized spacial score (nSPS) is 23.9. The van der Waals surface area contributed by atoms with Gasteiger partial charge >= 0.3 is 5.97 Å². The topological polar surface area (TPSA) is 55.7 Å². The molecule has 0 saturated heterocycles. The monoisotopic (exact) mass is 279 g/mol. The van der Waals surface area contributed by atoms with E-state index < -0.39 is 11.9 Å². The van der Waals surface area contributed by atoms with Gasteiger partial charge in [0.25, 0.3) is 0 Å². The van der Waals surface area contributed by atoms with Gasteiger partial charge < -0.3 is 4.74 Å². The Kier molecular flexibility index (Phi) is 4.82. The van der Waals surface area contributed by atoms with Gasteiger partial charge in [0.1, 0.15) is 11.9 Å². The molecule has 0 aliphatic heterocycles. The van der Waals surface area contributed by atoms with Gasteiger partial charge in [-0.3, -0.25) is 4.79 Å². The summed E-state index contributed by atoms with van der Waals surface area (Å²) in [6.07, 6.45) is 2.70. The van der Waals surface area contributed by atoms with E-state index in [-0.39, 0.29) is 17.8 Å². The van der Waals surface area contributed by atoms with E-state index in [1.54, 1.807) is 18.2 Å². The molecule has 1 aliphatic carbocycles. The molecule has 0 spiro atoms. The molecule has 1 aromatic rings. The Morgan fingerprint density at radius 3 is 2.50 bits per heavy atom. The Bertz CT molecular complexity index is 484. The average molecular weight is 279 g/mol. The molecule has 5 heteroatoms. The van der Waals surface area contributed by atoms with Crippen molar-refractivity contribution in [1.29, 1.82) is 0 Å². The summed E-state index contributed by atoms with van der Waals surface area (Å²) >= 11 is 0. The van der Waals surface area contributed by atoms with Crippen LogP contribution in [0.1, 0.15) is 37.3 Å². The van der Waals surface area contributed by atoms with Crippen LogP contribution in [0, 0.1) is 22.6 Å². The van der Waals surface area contributed by atoms with E-state index in [0.717, 1.165) is 0 Å². The molecule has 0 N–H and O–H groups in total. The van der Waals surface area contributed by atoms with E-state index >= 15 is 0 Å². The van der Waals surface area contributed by atoms with Crippen molar-refractivity contribution < 1.29 is 13.9 Å².